The van der Waals surface area contributed by atoms with Crippen LogP contribution in [-0.2, 0) is 9.53 Å². The molecular weight excluding hydrogens is 334 g/mol. The van der Waals surface area contributed by atoms with Gasteiger partial charge < -0.3 is 14.4 Å². The quantitative estimate of drug-likeness (QED) is 0.831. The van der Waals surface area contributed by atoms with Gasteiger partial charge in [-0.2, -0.15) is 5.10 Å². The number of methoxy groups -OCH3 is 1. The van der Waals surface area contributed by atoms with E-state index in [1.165, 1.54) is 0 Å². The molecular formula is C19H23N3O4. The van der Waals surface area contributed by atoms with Crippen molar-refractivity contribution < 1.29 is 19.1 Å². The average molecular weight is 357 g/mol. The number of carbonyl (C=O) groups is 2. The van der Waals surface area contributed by atoms with Crippen LogP contribution in [0.15, 0.2) is 30.3 Å². The van der Waals surface area contributed by atoms with Gasteiger partial charge in [0.1, 0.15) is 11.4 Å². The summed E-state index contributed by atoms with van der Waals surface area (Å²) in [5, 5.41) is 7.05. The van der Waals surface area contributed by atoms with Crippen molar-refractivity contribution >= 4 is 11.9 Å². The SMILES string of the molecule is CCOC(=O)[C@@H]1CCCN(C(=O)c2cc(-c3ccc(OC)cc3)n[nH]2)C1. The summed E-state index contributed by atoms with van der Waals surface area (Å²) in [5.74, 6) is 0.135. The van der Waals surface area contributed by atoms with E-state index in [9.17, 15) is 9.59 Å². The van der Waals surface area contributed by atoms with Crippen LogP contribution in [0.3, 0.4) is 0 Å². The predicted octanol–water partition coefficient (Wildman–Crippen LogP) is 2.50. The van der Waals surface area contributed by atoms with Gasteiger partial charge in [0.25, 0.3) is 5.91 Å². The van der Waals surface area contributed by atoms with E-state index in [1.54, 1.807) is 25.0 Å². The Kier molecular flexibility index (Phi) is 5.55. The molecule has 1 aromatic heterocycles. The Morgan fingerprint density at radius 1 is 1.31 bits per heavy atom. The lowest BCUT2D eigenvalue weighted by atomic mass is 9.98. The summed E-state index contributed by atoms with van der Waals surface area (Å²) in [4.78, 5) is 26.4. The molecule has 1 aromatic carbocycles. The molecule has 1 saturated heterocycles. The first-order valence-electron chi connectivity index (χ1n) is 8.78. The highest BCUT2D eigenvalue weighted by molar-refractivity contribution is 5.93. The van der Waals surface area contributed by atoms with Crippen LogP contribution in [0.2, 0.25) is 0 Å². The zero-order valence-electron chi connectivity index (χ0n) is 15.0. The van der Waals surface area contributed by atoms with E-state index in [2.05, 4.69) is 10.2 Å². The minimum atomic E-state index is -0.253. The fourth-order valence-electron chi connectivity index (χ4n) is 3.13. The highest BCUT2D eigenvalue weighted by Crippen LogP contribution is 2.23. The maximum Gasteiger partial charge on any atom is 0.310 e. The molecule has 1 aliphatic heterocycles. The van der Waals surface area contributed by atoms with Crippen LogP contribution in [0, 0.1) is 5.92 Å². The number of rotatable bonds is 5. The second kappa shape index (κ2) is 8.03. The molecule has 2 heterocycles. The van der Waals surface area contributed by atoms with Gasteiger partial charge in [0, 0.05) is 18.7 Å². The molecule has 138 valence electrons. The summed E-state index contributed by atoms with van der Waals surface area (Å²) in [6.45, 7) is 3.16. The number of ether oxygens (including phenoxy) is 2. The maximum absolute atomic E-state index is 12.8. The number of nitrogens with zero attached hydrogens (tertiary/aromatic N) is 2. The monoisotopic (exact) mass is 357 g/mol. The molecule has 0 saturated carbocycles. The first-order chi connectivity index (χ1) is 12.6. The predicted molar refractivity (Wildman–Crippen MR) is 95.8 cm³/mol. The number of piperidine rings is 1. The molecule has 1 fully saturated rings. The van der Waals surface area contributed by atoms with Crippen LogP contribution >= 0.6 is 0 Å². The zero-order valence-corrected chi connectivity index (χ0v) is 15.0. The minimum Gasteiger partial charge on any atom is -0.497 e. The highest BCUT2D eigenvalue weighted by Gasteiger charge is 2.30. The number of carbonyl (C=O) groups excluding carboxylic acids is 2. The summed E-state index contributed by atoms with van der Waals surface area (Å²) in [7, 11) is 1.61. The number of likely N-dealkylation sites (tertiary alicyclic amines) is 1. The van der Waals surface area contributed by atoms with Crippen molar-refractivity contribution in [1.82, 2.24) is 15.1 Å². The molecule has 1 amide bonds. The molecule has 0 unspecified atom stereocenters. The molecule has 26 heavy (non-hydrogen) atoms. The Bertz CT molecular complexity index is 769. The van der Waals surface area contributed by atoms with Crippen molar-refractivity contribution in [3.8, 4) is 17.0 Å². The van der Waals surface area contributed by atoms with Gasteiger partial charge in [0.2, 0.25) is 0 Å². The molecule has 7 heteroatoms. The van der Waals surface area contributed by atoms with Crippen LogP contribution < -0.4 is 4.74 Å². The molecule has 3 rings (SSSR count). The lowest BCUT2D eigenvalue weighted by molar-refractivity contribution is -0.149. The first kappa shape index (κ1) is 18.0. The van der Waals surface area contributed by atoms with E-state index < -0.39 is 0 Å². The standard InChI is InChI=1S/C19H23N3O4/c1-3-26-19(24)14-5-4-10-22(12-14)18(23)17-11-16(20-21-17)13-6-8-15(25-2)9-7-13/h6-9,11,14H,3-5,10,12H2,1-2H3,(H,20,21)/t14-/m1/s1. The summed E-state index contributed by atoms with van der Waals surface area (Å²) in [6, 6.07) is 9.21. The van der Waals surface area contributed by atoms with Crippen LogP contribution in [0.4, 0.5) is 0 Å². The Labute approximate surface area is 152 Å². The Morgan fingerprint density at radius 2 is 2.08 bits per heavy atom. The first-order valence-corrected chi connectivity index (χ1v) is 8.78. The van der Waals surface area contributed by atoms with Crippen molar-refractivity contribution in [3.05, 3.63) is 36.0 Å². The van der Waals surface area contributed by atoms with E-state index in [4.69, 9.17) is 9.47 Å². The summed E-state index contributed by atoms with van der Waals surface area (Å²) in [6.07, 6.45) is 1.54. The van der Waals surface area contributed by atoms with Gasteiger partial charge in [0.15, 0.2) is 0 Å². The number of hydrogen-bond acceptors (Lipinski definition) is 5. The van der Waals surface area contributed by atoms with Crippen LogP contribution in [-0.4, -0.2) is 53.8 Å². The van der Waals surface area contributed by atoms with Gasteiger partial charge in [-0.05, 0) is 50.1 Å². The third-order valence-electron chi connectivity index (χ3n) is 4.52. The minimum absolute atomic E-state index is 0.147. The topological polar surface area (TPSA) is 84.5 Å². The Balaban J connectivity index is 1.70. The normalized spacial score (nSPS) is 17.0. The van der Waals surface area contributed by atoms with Crippen LogP contribution in [0.25, 0.3) is 11.3 Å². The number of benzene rings is 1. The molecule has 0 radical (unpaired) electrons. The molecule has 1 aliphatic rings. The molecule has 1 atom stereocenters. The third-order valence-corrected chi connectivity index (χ3v) is 4.52. The lowest BCUT2D eigenvalue weighted by Crippen LogP contribution is -2.43. The van der Waals surface area contributed by atoms with Crippen molar-refractivity contribution in [1.29, 1.82) is 0 Å². The van der Waals surface area contributed by atoms with E-state index in [0.717, 1.165) is 24.2 Å². The molecule has 0 spiro atoms. The number of hydrogen-bond donors (Lipinski definition) is 1. The number of amides is 1. The van der Waals surface area contributed by atoms with E-state index in [0.29, 0.717) is 31.1 Å². The van der Waals surface area contributed by atoms with Gasteiger partial charge in [0.05, 0.1) is 25.3 Å². The number of H-pyrrole nitrogens is 1. The second-order valence-corrected chi connectivity index (χ2v) is 6.24. The fourth-order valence-corrected chi connectivity index (χ4v) is 3.13. The summed E-state index contributed by atoms with van der Waals surface area (Å²) >= 11 is 0. The maximum atomic E-state index is 12.8. The molecule has 0 bridgehead atoms. The van der Waals surface area contributed by atoms with Crippen molar-refractivity contribution in [2.24, 2.45) is 5.92 Å². The zero-order chi connectivity index (χ0) is 18.5. The van der Waals surface area contributed by atoms with Crippen molar-refractivity contribution in [2.75, 3.05) is 26.8 Å². The molecule has 0 aliphatic carbocycles. The summed E-state index contributed by atoms with van der Waals surface area (Å²) in [5.41, 5.74) is 2.00. The van der Waals surface area contributed by atoms with Gasteiger partial charge in [-0.3, -0.25) is 14.7 Å². The van der Waals surface area contributed by atoms with Gasteiger partial charge >= 0.3 is 5.97 Å². The van der Waals surface area contributed by atoms with Crippen LogP contribution in [0.1, 0.15) is 30.3 Å². The van der Waals surface area contributed by atoms with Crippen molar-refractivity contribution in [3.63, 3.8) is 0 Å². The number of aromatic amines is 1. The van der Waals surface area contributed by atoms with Gasteiger partial charge in [-0.25, -0.2) is 0 Å². The number of aromatic nitrogens is 2. The molecule has 2 aromatic rings. The molecule has 7 nitrogen and oxygen atoms in total. The van der Waals surface area contributed by atoms with Gasteiger partial charge in [-0.1, -0.05) is 0 Å². The average Bonchev–Trinajstić information content (AvgIpc) is 3.18. The Hall–Kier alpha value is -2.83. The smallest absolute Gasteiger partial charge is 0.310 e. The summed E-state index contributed by atoms with van der Waals surface area (Å²) < 4.78 is 10.2. The largest absolute Gasteiger partial charge is 0.497 e. The second-order valence-electron chi connectivity index (χ2n) is 6.24. The van der Waals surface area contributed by atoms with Gasteiger partial charge in [-0.15, -0.1) is 0 Å². The highest BCUT2D eigenvalue weighted by atomic mass is 16.5. The van der Waals surface area contributed by atoms with Crippen molar-refractivity contribution in [2.45, 2.75) is 19.8 Å². The van der Waals surface area contributed by atoms with E-state index >= 15 is 0 Å². The third kappa shape index (κ3) is 3.87. The Morgan fingerprint density at radius 3 is 2.77 bits per heavy atom. The molecule has 1 N–H and O–H groups in total. The number of esters is 1. The fraction of sp³-hybridized carbons (Fsp3) is 0.421. The van der Waals surface area contributed by atoms with E-state index in [-0.39, 0.29) is 17.8 Å². The number of nitrogens with one attached hydrogen (secondary N) is 1. The lowest BCUT2D eigenvalue weighted by Gasteiger charge is -2.31. The van der Waals surface area contributed by atoms with E-state index in [1.807, 2.05) is 24.3 Å². The van der Waals surface area contributed by atoms with Crippen LogP contribution in [0.5, 0.6) is 5.75 Å².